The molecule has 7 heteroatoms. The van der Waals surface area contributed by atoms with E-state index in [9.17, 15) is 9.50 Å². The first-order valence-corrected chi connectivity index (χ1v) is 10.2. The van der Waals surface area contributed by atoms with Gasteiger partial charge in [-0.1, -0.05) is 13.8 Å². The second-order valence-corrected chi connectivity index (χ2v) is 7.57. The van der Waals surface area contributed by atoms with E-state index in [4.69, 9.17) is 9.47 Å². The Kier molecular flexibility index (Phi) is 9.50. The van der Waals surface area contributed by atoms with Gasteiger partial charge >= 0.3 is 0 Å². The maximum Gasteiger partial charge on any atom is 0.191 e. The maximum atomic E-state index is 13.9. The van der Waals surface area contributed by atoms with Crippen molar-refractivity contribution in [1.82, 2.24) is 10.6 Å². The molecule has 1 aromatic carbocycles. The van der Waals surface area contributed by atoms with Crippen molar-refractivity contribution in [2.45, 2.75) is 46.6 Å². The Morgan fingerprint density at radius 2 is 2.14 bits per heavy atom. The van der Waals surface area contributed by atoms with Crippen LogP contribution in [0.4, 0.5) is 4.39 Å². The van der Waals surface area contributed by atoms with Crippen LogP contribution >= 0.6 is 0 Å². The number of ether oxygens (including phenoxy) is 2. The predicted molar refractivity (Wildman–Crippen MR) is 109 cm³/mol. The molecule has 0 aromatic heterocycles. The van der Waals surface area contributed by atoms with Gasteiger partial charge in [0.25, 0.3) is 0 Å². The number of aliphatic hydroxyl groups excluding tert-OH is 1. The summed E-state index contributed by atoms with van der Waals surface area (Å²) in [6.45, 7) is 9.19. The highest BCUT2D eigenvalue weighted by atomic mass is 19.1. The van der Waals surface area contributed by atoms with Crippen LogP contribution in [0.1, 0.15) is 44.7 Å². The van der Waals surface area contributed by atoms with Gasteiger partial charge in [0, 0.05) is 31.8 Å². The number of hydrogen-bond acceptors (Lipinski definition) is 4. The molecule has 0 spiro atoms. The number of benzene rings is 1. The Labute approximate surface area is 167 Å². The number of halogens is 1. The fourth-order valence-electron chi connectivity index (χ4n) is 3.45. The Hall–Kier alpha value is -1.86. The molecule has 6 nitrogen and oxygen atoms in total. The van der Waals surface area contributed by atoms with Gasteiger partial charge in [0.2, 0.25) is 0 Å². The number of aliphatic hydroxyl groups is 1. The number of rotatable bonds is 10. The lowest BCUT2D eigenvalue weighted by Crippen LogP contribution is -2.38. The Bertz CT molecular complexity index is 638. The minimum absolute atomic E-state index is 0.186. The van der Waals surface area contributed by atoms with Crippen molar-refractivity contribution in [2.75, 3.05) is 33.0 Å². The van der Waals surface area contributed by atoms with E-state index in [-0.39, 0.29) is 19.2 Å². The molecule has 0 amide bonds. The van der Waals surface area contributed by atoms with Crippen LogP contribution in [-0.2, 0) is 17.8 Å². The summed E-state index contributed by atoms with van der Waals surface area (Å²) >= 11 is 0. The van der Waals surface area contributed by atoms with Crippen molar-refractivity contribution in [2.24, 2.45) is 16.8 Å². The lowest BCUT2D eigenvalue weighted by Gasteiger charge is -2.21. The van der Waals surface area contributed by atoms with Crippen molar-refractivity contribution in [3.05, 3.63) is 29.1 Å². The van der Waals surface area contributed by atoms with E-state index in [1.165, 1.54) is 12.1 Å². The molecule has 0 saturated heterocycles. The summed E-state index contributed by atoms with van der Waals surface area (Å²) in [5, 5.41) is 15.8. The maximum absolute atomic E-state index is 13.9. The van der Waals surface area contributed by atoms with E-state index in [0.29, 0.717) is 38.0 Å². The summed E-state index contributed by atoms with van der Waals surface area (Å²) in [4.78, 5) is 4.68. The average molecular weight is 396 g/mol. The molecule has 1 unspecified atom stereocenters. The molecule has 1 aliphatic heterocycles. The van der Waals surface area contributed by atoms with Crippen molar-refractivity contribution >= 4 is 5.96 Å². The van der Waals surface area contributed by atoms with Gasteiger partial charge in [-0.15, -0.1) is 0 Å². The minimum Gasteiger partial charge on any atom is -0.467 e. The highest BCUT2D eigenvalue weighted by molar-refractivity contribution is 5.79. The monoisotopic (exact) mass is 395 g/mol. The number of aliphatic imine (C=N–C) groups is 1. The quantitative estimate of drug-likeness (QED) is 0.420. The molecule has 3 N–H and O–H groups in total. The van der Waals surface area contributed by atoms with Crippen molar-refractivity contribution in [1.29, 1.82) is 0 Å². The second kappa shape index (κ2) is 11.9. The molecule has 0 saturated carbocycles. The fourth-order valence-corrected chi connectivity index (χ4v) is 3.45. The molecule has 1 aliphatic rings. The van der Waals surface area contributed by atoms with E-state index in [2.05, 4.69) is 29.5 Å². The minimum atomic E-state index is -0.274. The third-order valence-electron chi connectivity index (χ3n) is 4.63. The Balaban J connectivity index is 1.95. The van der Waals surface area contributed by atoms with Crippen LogP contribution < -0.4 is 15.4 Å². The Morgan fingerprint density at radius 1 is 1.32 bits per heavy atom. The van der Waals surface area contributed by atoms with Crippen LogP contribution in [0.2, 0.25) is 0 Å². The summed E-state index contributed by atoms with van der Waals surface area (Å²) in [7, 11) is 0. The van der Waals surface area contributed by atoms with Gasteiger partial charge in [-0.2, -0.15) is 0 Å². The van der Waals surface area contributed by atoms with Crippen LogP contribution in [0, 0.1) is 17.7 Å². The number of fused-ring (bicyclic) bond motifs is 1. The van der Waals surface area contributed by atoms with Crippen LogP contribution in [0.5, 0.6) is 5.75 Å². The van der Waals surface area contributed by atoms with Gasteiger partial charge in [-0.05, 0) is 55.7 Å². The summed E-state index contributed by atoms with van der Waals surface area (Å²) in [6.07, 6.45) is 2.42. The second-order valence-electron chi connectivity index (χ2n) is 7.57. The zero-order valence-electron chi connectivity index (χ0n) is 17.3. The number of nitrogens with zero attached hydrogens (tertiary/aromatic N) is 1. The van der Waals surface area contributed by atoms with E-state index in [1.54, 1.807) is 0 Å². The van der Waals surface area contributed by atoms with Crippen LogP contribution in [0.25, 0.3) is 0 Å². The van der Waals surface area contributed by atoms with Crippen molar-refractivity contribution < 1.29 is 19.0 Å². The van der Waals surface area contributed by atoms with Crippen LogP contribution in [-0.4, -0.2) is 44.1 Å². The molecule has 1 aromatic rings. The average Bonchev–Trinajstić information content (AvgIpc) is 2.65. The summed E-state index contributed by atoms with van der Waals surface area (Å²) in [6, 6.07) is 2.99. The first-order chi connectivity index (χ1) is 13.5. The van der Waals surface area contributed by atoms with Gasteiger partial charge in [-0.3, -0.25) is 4.99 Å². The largest absolute Gasteiger partial charge is 0.467 e. The summed E-state index contributed by atoms with van der Waals surface area (Å²) < 4.78 is 24.7. The molecular formula is C21H34FN3O3. The smallest absolute Gasteiger partial charge is 0.191 e. The molecule has 1 atom stereocenters. The molecule has 0 radical (unpaired) electrons. The first kappa shape index (κ1) is 22.4. The highest BCUT2D eigenvalue weighted by Crippen LogP contribution is 2.29. The third-order valence-corrected chi connectivity index (χ3v) is 4.63. The van der Waals surface area contributed by atoms with E-state index < -0.39 is 0 Å². The van der Waals surface area contributed by atoms with Gasteiger partial charge in [0.1, 0.15) is 11.6 Å². The molecule has 28 heavy (non-hydrogen) atoms. The number of hydrogen-bond donors (Lipinski definition) is 3. The van der Waals surface area contributed by atoms with Crippen LogP contribution in [0.3, 0.4) is 0 Å². The lowest BCUT2D eigenvalue weighted by molar-refractivity contribution is -0.0172. The topological polar surface area (TPSA) is 75.1 Å². The van der Waals surface area contributed by atoms with Gasteiger partial charge in [0.05, 0.1) is 6.61 Å². The first-order valence-electron chi connectivity index (χ1n) is 10.2. The Morgan fingerprint density at radius 3 is 2.86 bits per heavy atom. The molecule has 0 aliphatic carbocycles. The van der Waals surface area contributed by atoms with E-state index in [0.717, 1.165) is 42.2 Å². The zero-order chi connectivity index (χ0) is 20.4. The van der Waals surface area contributed by atoms with Crippen molar-refractivity contribution in [3.8, 4) is 5.75 Å². The highest BCUT2D eigenvalue weighted by Gasteiger charge is 2.17. The number of guanidine groups is 1. The third kappa shape index (κ3) is 7.28. The molecule has 2 rings (SSSR count). The van der Waals surface area contributed by atoms with Crippen molar-refractivity contribution in [3.63, 3.8) is 0 Å². The molecule has 158 valence electrons. The fraction of sp³-hybridized carbons (Fsp3) is 0.667. The van der Waals surface area contributed by atoms with Gasteiger partial charge in [0.15, 0.2) is 12.8 Å². The lowest BCUT2D eigenvalue weighted by atomic mass is 9.94. The molecule has 1 heterocycles. The van der Waals surface area contributed by atoms with E-state index in [1.807, 2.05) is 6.92 Å². The SMILES string of the molecule is CCNC(=NCC(CCO)CC(C)C)NCCc1cc(F)cc2c1OCOC2. The van der Waals surface area contributed by atoms with E-state index >= 15 is 0 Å². The molecule has 0 bridgehead atoms. The number of nitrogens with one attached hydrogen (secondary N) is 2. The van der Waals surface area contributed by atoms with Crippen LogP contribution in [0.15, 0.2) is 17.1 Å². The summed E-state index contributed by atoms with van der Waals surface area (Å²) in [5.74, 6) is 2.14. The van der Waals surface area contributed by atoms with Gasteiger partial charge in [-0.25, -0.2) is 4.39 Å². The zero-order valence-corrected chi connectivity index (χ0v) is 17.3. The molecular weight excluding hydrogens is 361 g/mol. The summed E-state index contributed by atoms with van der Waals surface area (Å²) in [5.41, 5.74) is 1.59. The standard InChI is InChI=1S/C21H34FN3O3/c1-4-23-21(25-12-16(6-8-26)9-15(2)3)24-7-5-17-10-19(22)11-18-13-27-14-28-20(17)18/h10-11,15-16,26H,4-9,12-14H2,1-3H3,(H2,23,24,25). The van der Waals surface area contributed by atoms with Gasteiger partial charge < -0.3 is 25.2 Å². The molecule has 0 fully saturated rings. The normalized spacial score (nSPS) is 15.1. The predicted octanol–water partition coefficient (Wildman–Crippen LogP) is 2.83.